The highest BCUT2D eigenvalue weighted by Gasteiger charge is 2.17. The lowest BCUT2D eigenvalue weighted by atomic mass is 10.1. The second-order valence-corrected chi connectivity index (χ2v) is 6.12. The number of hydrogen-bond donors (Lipinski definition) is 1. The largest absolute Gasteiger partial charge is 0.321 e. The summed E-state index contributed by atoms with van der Waals surface area (Å²) in [6, 6.07) is 9.46. The van der Waals surface area contributed by atoms with E-state index in [2.05, 4.69) is 25.2 Å². The van der Waals surface area contributed by atoms with Crippen LogP contribution in [0, 0.1) is 0 Å². The number of anilines is 1. The third kappa shape index (κ3) is 2.93. The van der Waals surface area contributed by atoms with Gasteiger partial charge in [0.2, 0.25) is 0 Å². The Bertz CT molecular complexity index is 910. The summed E-state index contributed by atoms with van der Waals surface area (Å²) >= 11 is 0. The lowest BCUT2D eigenvalue weighted by Gasteiger charge is -2.15. The van der Waals surface area contributed by atoms with E-state index in [9.17, 15) is 4.79 Å². The molecule has 0 spiro atoms. The van der Waals surface area contributed by atoms with Gasteiger partial charge in [0, 0.05) is 37.0 Å². The summed E-state index contributed by atoms with van der Waals surface area (Å²) in [5, 5.41) is 15.7. The zero-order valence-electron chi connectivity index (χ0n) is 14.1. The second kappa shape index (κ2) is 6.51. The minimum atomic E-state index is -0.167. The van der Waals surface area contributed by atoms with Crippen molar-refractivity contribution in [2.75, 3.05) is 5.32 Å². The lowest BCUT2D eigenvalue weighted by molar-refractivity contribution is 0.101. The van der Waals surface area contributed by atoms with Crippen molar-refractivity contribution >= 4 is 11.6 Å². The Hall–Kier alpha value is -2.96. The fraction of sp³-hybridized carbons (Fsp3) is 0.333. The van der Waals surface area contributed by atoms with Crippen LogP contribution in [0.4, 0.5) is 5.69 Å². The molecule has 7 nitrogen and oxygen atoms in total. The molecule has 4 rings (SSSR count). The number of aryl methyl sites for hydroxylation is 2. The predicted octanol–water partition coefficient (Wildman–Crippen LogP) is 2.75. The van der Waals surface area contributed by atoms with Gasteiger partial charge in [0.1, 0.15) is 11.5 Å². The van der Waals surface area contributed by atoms with Crippen LogP contribution in [0.5, 0.6) is 0 Å². The van der Waals surface area contributed by atoms with Crippen molar-refractivity contribution in [3.05, 3.63) is 48.0 Å². The standard InChI is InChI=1S/C18H20N6O/c1-2-24-15(9-10-19-24)18(25)20-14-7-5-6-13(12-14)17-22-21-16-8-3-4-11-23(16)17/h5-7,9-10,12H,2-4,8,11H2,1H3,(H,20,25). The molecule has 1 N–H and O–H groups in total. The number of carbonyl (C=O) groups is 1. The first-order chi connectivity index (χ1) is 12.3. The lowest BCUT2D eigenvalue weighted by Crippen LogP contribution is -2.17. The molecule has 0 saturated heterocycles. The summed E-state index contributed by atoms with van der Waals surface area (Å²) in [6.07, 6.45) is 4.93. The monoisotopic (exact) mass is 336 g/mol. The number of hydrogen-bond acceptors (Lipinski definition) is 4. The van der Waals surface area contributed by atoms with E-state index < -0.39 is 0 Å². The van der Waals surface area contributed by atoms with Crippen LogP contribution in [0.3, 0.4) is 0 Å². The topological polar surface area (TPSA) is 77.6 Å². The molecule has 7 heteroatoms. The summed E-state index contributed by atoms with van der Waals surface area (Å²) in [5.41, 5.74) is 2.25. The maximum Gasteiger partial charge on any atom is 0.273 e. The molecular weight excluding hydrogens is 316 g/mol. The summed E-state index contributed by atoms with van der Waals surface area (Å²) in [6.45, 7) is 3.56. The highest BCUT2D eigenvalue weighted by molar-refractivity contribution is 6.03. The molecular formula is C18H20N6O. The van der Waals surface area contributed by atoms with Crippen LogP contribution in [-0.4, -0.2) is 30.5 Å². The Labute approximate surface area is 145 Å². The summed E-state index contributed by atoms with van der Waals surface area (Å²) < 4.78 is 3.85. The van der Waals surface area contributed by atoms with Crippen molar-refractivity contribution in [3.63, 3.8) is 0 Å². The Kier molecular flexibility index (Phi) is 4.05. The molecule has 1 aromatic carbocycles. The fourth-order valence-corrected chi connectivity index (χ4v) is 3.23. The first-order valence-electron chi connectivity index (χ1n) is 8.62. The van der Waals surface area contributed by atoms with Crippen LogP contribution in [0.25, 0.3) is 11.4 Å². The minimum Gasteiger partial charge on any atom is -0.321 e. The van der Waals surface area contributed by atoms with Gasteiger partial charge in [-0.1, -0.05) is 12.1 Å². The van der Waals surface area contributed by atoms with E-state index in [0.29, 0.717) is 12.2 Å². The average Bonchev–Trinajstić information content (AvgIpc) is 3.28. The van der Waals surface area contributed by atoms with Crippen LogP contribution in [-0.2, 0) is 19.5 Å². The van der Waals surface area contributed by atoms with E-state index in [4.69, 9.17) is 0 Å². The van der Waals surface area contributed by atoms with E-state index in [0.717, 1.165) is 42.3 Å². The molecule has 0 bridgehead atoms. The normalized spacial score (nSPS) is 13.5. The Morgan fingerprint density at radius 3 is 3.04 bits per heavy atom. The SMILES string of the molecule is CCn1nccc1C(=O)Nc1cccc(-c2nnc3n2CCCC3)c1. The Morgan fingerprint density at radius 1 is 1.24 bits per heavy atom. The molecule has 0 unspecified atom stereocenters. The molecule has 0 aliphatic carbocycles. The van der Waals surface area contributed by atoms with Gasteiger partial charge in [-0.05, 0) is 38.0 Å². The molecule has 0 atom stereocenters. The van der Waals surface area contributed by atoms with Crippen molar-refractivity contribution in [2.45, 2.75) is 39.3 Å². The summed E-state index contributed by atoms with van der Waals surface area (Å²) in [5.74, 6) is 1.74. The third-order valence-corrected chi connectivity index (χ3v) is 4.49. The number of nitrogens with zero attached hydrogens (tertiary/aromatic N) is 5. The molecule has 25 heavy (non-hydrogen) atoms. The van der Waals surface area contributed by atoms with Gasteiger partial charge < -0.3 is 9.88 Å². The molecule has 3 heterocycles. The van der Waals surface area contributed by atoms with Crippen molar-refractivity contribution in [1.29, 1.82) is 0 Å². The first-order valence-corrected chi connectivity index (χ1v) is 8.62. The number of rotatable bonds is 4. The third-order valence-electron chi connectivity index (χ3n) is 4.49. The highest BCUT2D eigenvalue weighted by Crippen LogP contribution is 2.25. The van der Waals surface area contributed by atoms with Crippen LogP contribution in [0.1, 0.15) is 36.1 Å². The van der Waals surface area contributed by atoms with E-state index in [1.165, 1.54) is 6.42 Å². The van der Waals surface area contributed by atoms with E-state index in [-0.39, 0.29) is 5.91 Å². The van der Waals surface area contributed by atoms with Crippen LogP contribution >= 0.6 is 0 Å². The Morgan fingerprint density at radius 2 is 2.16 bits per heavy atom. The number of nitrogens with one attached hydrogen (secondary N) is 1. The van der Waals surface area contributed by atoms with Gasteiger partial charge in [-0.3, -0.25) is 9.48 Å². The number of amides is 1. The van der Waals surface area contributed by atoms with Gasteiger partial charge in [-0.25, -0.2) is 0 Å². The zero-order chi connectivity index (χ0) is 17.2. The molecule has 0 radical (unpaired) electrons. The van der Waals surface area contributed by atoms with E-state index in [1.54, 1.807) is 16.9 Å². The summed E-state index contributed by atoms with van der Waals surface area (Å²) in [7, 11) is 0. The molecule has 1 aliphatic rings. The quantitative estimate of drug-likeness (QED) is 0.795. The molecule has 0 saturated carbocycles. The van der Waals surface area contributed by atoms with Crippen molar-refractivity contribution in [1.82, 2.24) is 24.5 Å². The number of fused-ring (bicyclic) bond motifs is 1. The molecule has 0 fully saturated rings. The highest BCUT2D eigenvalue weighted by atomic mass is 16.2. The van der Waals surface area contributed by atoms with Gasteiger partial charge >= 0.3 is 0 Å². The Balaban J connectivity index is 1.60. The van der Waals surface area contributed by atoms with Crippen LogP contribution < -0.4 is 5.32 Å². The van der Waals surface area contributed by atoms with Gasteiger partial charge in [-0.2, -0.15) is 5.10 Å². The maximum absolute atomic E-state index is 12.5. The van der Waals surface area contributed by atoms with Crippen molar-refractivity contribution < 1.29 is 4.79 Å². The minimum absolute atomic E-state index is 0.167. The van der Waals surface area contributed by atoms with Gasteiger partial charge in [0.25, 0.3) is 5.91 Å². The molecule has 1 amide bonds. The first kappa shape index (κ1) is 15.6. The molecule has 2 aromatic heterocycles. The van der Waals surface area contributed by atoms with Crippen LogP contribution in [0.2, 0.25) is 0 Å². The molecule has 3 aromatic rings. The van der Waals surface area contributed by atoms with Crippen LogP contribution in [0.15, 0.2) is 36.5 Å². The second-order valence-electron chi connectivity index (χ2n) is 6.12. The van der Waals surface area contributed by atoms with Gasteiger partial charge in [0.15, 0.2) is 5.82 Å². The zero-order valence-corrected chi connectivity index (χ0v) is 14.1. The maximum atomic E-state index is 12.5. The van der Waals surface area contributed by atoms with E-state index >= 15 is 0 Å². The summed E-state index contributed by atoms with van der Waals surface area (Å²) in [4.78, 5) is 12.5. The van der Waals surface area contributed by atoms with Gasteiger partial charge in [0.05, 0.1) is 0 Å². The predicted molar refractivity (Wildman–Crippen MR) is 94.3 cm³/mol. The number of aromatic nitrogens is 5. The smallest absolute Gasteiger partial charge is 0.273 e. The molecule has 128 valence electrons. The number of carbonyl (C=O) groups excluding carboxylic acids is 1. The number of benzene rings is 1. The van der Waals surface area contributed by atoms with E-state index in [1.807, 2.05) is 31.2 Å². The van der Waals surface area contributed by atoms with Crippen molar-refractivity contribution in [3.8, 4) is 11.4 Å². The molecule has 1 aliphatic heterocycles. The van der Waals surface area contributed by atoms with Gasteiger partial charge in [-0.15, -0.1) is 10.2 Å². The fourth-order valence-electron chi connectivity index (χ4n) is 3.23. The average molecular weight is 336 g/mol. The van der Waals surface area contributed by atoms with Crippen molar-refractivity contribution in [2.24, 2.45) is 0 Å².